The predicted octanol–water partition coefficient (Wildman–Crippen LogP) is 5.56. The molecule has 1 unspecified atom stereocenters. The minimum Gasteiger partial charge on any atom is -0.494 e. The zero-order valence-corrected chi connectivity index (χ0v) is 18.2. The molecule has 1 amide bonds. The molecule has 0 radical (unpaired) electrons. The molecule has 0 N–H and O–H groups in total. The molecule has 5 rings (SSSR count). The lowest BCUT2D eigenvalue weighted by Crippen LogP contribution is -2.29. The number of para-hydroxylation sites is 1. The SMILES string of the molecule is CCOc1cccc(C2c3c(oc4ccccc4c3=O)C(=O)N2c2ccc(C)c(C)c2)c1. The first-order valence-corrected chi connectivity index (χ1v) is 10.7. The standard InChI is InChI=1S/C27H23NO4/c1-4-31-20-9-7-8-18(15-20)24-23-25(29)21-10-5-6-11-22(21)32-26(23)27(30)28(24)19-13-12-16(2)17(3)14-19/h5-15,24H,4H2,1-3H3. The Morgan fingerprint density at radius 3 is 2.53 bits per heavy atom. The number of hydrogen-bond acceptors (Lipinski definition) is 4. The topological polar surface area (TPSA) is 59.8 Å². The van der Waals surface area contributed by atoms with Crippen LogP contribution in [0.15, 0.2) is 75.9 Å². The summed E-state index contributed by atoms with van der Waals surface area (Å²) in [5, 5.41) is 0.465. The van der Waals surface area contributed by atoms with E-state index in [2.05, 4.69) is 0 Å². The van der Waals surface area contributed by atoms with Crippen molar-refractivity contribution in [3.8, 4) is 5.75 Å². The number of aryl methyl sites for hydroxylation is 2. The van der Waals surface area contributed by atoms with Gasteiger partial charge in [-0.15, -0.1) is 0 Å². The van der Waals surface area contributed by atoms with E-state index in [-0.39, 0.29) is 17.1 Å². The predicted molar refractivity (Wildman–Crippen MR) is 125 cm³/mol. The van der Waals surface area contributed by atoms with Crippen molar-refractivity contribution in [3.05, 3.63) is 105 Å². The molecule has 0 bridgehead atoms. The van der Waals surface area contributed by atoms with Gasteiger partial charge in [-0.3, -0.25) is 14.5 Å². The van der Waals surface area contributed by atoms with E-state index in [1.807, 2.05) is 63.2 Å². The molecule has 1 aromatic heterocycles. The van der Waals surface area contributed by atoms with E-state index in [0.29, 0.717) is 28.9 Å². The highest BCUT2D eigenvalue weighted by Gasteiger charge is 2.43. The number of carbonyl (C=O) groups is 1. The Morgan fingerprint density at radius 1 is 0.938 bits per heavy atom. The fourth-order valence-corrected chi connectivity index (χ4v) is 4.32. The molecule has 1 atom stereocenters. The minimum absolute atomic E-state index is 0.0961. The summed E-state index contributed by atoms with van der Waals surface area (Å²) in [6.45, 7) is 6.48. The Hall–Kier alpha value is -3.86. The number of ether oxygens (including phenoxy) is 1. The quantitative estimate of drug-likeness (QED) is 0.430. The lowest BCUT2D eigenvalue weighted by Gasteiger charge is -2.26. The van der Waals surface area contributed by atoms with E-state index in [1.165, 1.54) is 0 Å². The van der Waals surface area contributed by atoms with Gasteiger partial charge in [-0.2, -0.15) is 0 Å². The van der Waals surface area contributed by atoms with Gasteiger partial charge >= 0.3 is 0 Å². The zero-order valence-electron chi connectivity index (χ0n) is 18.2. The van der Waals surface area contributed by atoms with Crippen molar-refractivity contribution in [2.75, 3.05) is 11.5 Å². The van der Waals surface area contributed by atoms with Gasteiger partial charge in [-0.05, 0) is 73.9 Å². The van der Waals surface area contributed by atoms with Gasteiger partial charge in [0.2, 0.25) is 5.76 Å². The van der Waals surface area contributed by atoms with Gasteiger partial charge in [0.05, 0.1) is 23.6 Å². The largest absolute Gasteiger partial charge is 0.494 e. The zero-order chi connectivity index (χ0) is 22.4. The Morgan fingerprint density at radius 2 is 1.75 bits per heavy atom. The summed E-state index contributed by atoms with van der Waals surface area (Å²) in [4.78, 5) is 28.9. The number of amides is 1. The van der Waals surface area contributed by atoms with Gasteiger partial charge in [-0.1, -0.05) is 30.3 Å². The van der Waals surface area contributed by atoms with Gasteiger partial charge in [0.15, 0.2) is 5.43 Å². The lowest BCUT2D eigenvalue weighted by atomic mass is 9.97. The van der Waals surface area contributed by atoms with Crippen molar-refractivity contribution < 1.29 is 13.9 Å². The van der Waals surface area contributed by atoms with E-state index < -0.39 is 6.04 Å². The third kappa shape index (κ3) is 3.09. The first-order chi connectivity index (χ1) is 15.5. The Bertz CT molecular complexity index is 1420. The second-order valence-corrected chi connectivity index (χ2v) is 8.02. The number of benzene rings is 3. The van der Waals surface area contributed by atoms with E-state index in [9.17, 15) is 9.59 Å². The highest BCUT2D eigenvalue weighted by atomic mass is 16.5. The average molecular weight is 425 g/mol. The fraction of sp³-hybridized carbons (Fsp3) is 0.185. The van der Waals surface area contributed by atoms with Crippen molar-refractivity contribution in [2.45, 2.75) is 26.8 Å². The lowest BCUT2D eigenvalue weighted by molar-refractivity contribution is 0.0971. The highest BCUT2D eigenvalue weighted by molar-refractivity contribution is 6.10. The van der Waals surface area contributed by atoms with E-state index in [4.69, 9.17) is 9.15 Å². The van der Waals surface area contributed by atoms with Crippen molar-refractivity contribution >= 4 is 22.6 Å². The van der Waals surface area contributed by atoms with Gasteiger partial charge in [-0.25, -0.2) is 0 Å². The molecule has 0 fully saturated rings. The van der Waals surface area contributed by atoms with Crippen LogP contribution in [0.25, 0.3) is 11.0 Å². The number of fused-ring (bicyclic) bond motifs is 2. The van der Waals surface area contributed by atoms with Crippen LogP contribution in [0.3, 0.4) is 0 Å². The molecular weight excluding hydrogens is 402 g/mol. The van der Waals surface area contributed by atoms with Crippen LogP contribution in [0.2, 0.25) is 0 Å². The molecule has 32 heavy (non-hydrogen) atoms. The summed E-state index contributed by atoms with van der Waals surface area (Å²) in [6.07, 6.45) is 0. The number of hydrogen-bond donors (Lipinski definition) is 0. The van der Waals surface area contributed by atoms with Crippen LogP contribution in [0, 0.1) is 13.8 Å². The van der Waals surface area contributed by atoms with Crippen LogP contribution in [-0.2, 0) is 0 Å². The molecule has 1 aliphatic heterocycles. The number of nitrogens with zero attached hydrogens (tertiary/aromatic N) is 1. The maximum absolute atomic E-state index is 13.6. The van der Waals surface area contributed by atoms with Crippen molar-refractivity contribution in [3.63, 3.8) is 0 Å². The van der Waals surface area contributed by atoms with Crippen molar-refractivity contribution in [1.82, 2.24) is 0 Å². The van der Waals surface area contributed by atoms with Gasteiger partial charge in [0.25, 0.3) is 5.91 Å². The molecule has 0 aliphatic carbocycles. The fourth-order valence-electron chi connectivity index (χ4n) is 4.32. The molecule has 0 saturated heterocycles. The minimum atomic E-state index is -0.610. The van der Waals surface area contributed by atoms with Crippen molar-refractivity contribution in [2.24, 2.45) is 0 Å². The van der Waals surface area contributed by atoms with Crippen LogP contribution >= 0.6 is 0 Å². The average Bonchev–Trinajstić information content (AvgIpc) is 3.09. The van der Waals surface area contributed by atoms with Gasteiger partial charge < -0.3 is 9.15 Å². The summed E-state index contributed by atoms with van der Waals surface area (Å²) in [6, 6.07) is 19.9. The summed E-state index contributed by atoms with van der Waals surface area (Å²) in [7, 11) is 0. The van der Waals surface area contributed by atoms with E-state index >= 15 is 0 Å². The first kappa shape index (κ1) is 20.1. The molecule has 5 nitrogen and oxygen atoms in total. The third-order valence-corrected chi connectivity index (χ3v) is 6.03. The van der Waals surface area contributed by atoms with E-state index in [0.717, 1.165) is 22.4 Å². The Labute approximate surface area is 185 Å². The molecule has 0 spiro atoms. The first-order valence-electron chi connectivity index (χ1n) is 10.7. The summed E-state index contributed by atoms with van der Waals surface area (Å²) >= 11 is 0. The summed E-state index contributed by atoms with van der Waals surface area (Å²) < 4.78 is 11.7. The molecule has 3 aromatic carbocycles. The molecule has 2 heterocycles. The molecule has 0 saturated carbocycles. The van der Waals surface area contributed by atoms with Crippen molar-refractivity contribution in [1.29, 1.82) is 0 Å². The molecule has 4 aromatic rings. The molecule has 160 valence electrons. The Balaban J connectivity index is 1.79. The number of carbonyl (C=O) groups excluding carboxylic acids is 1. The number of anilines is 1. The Kier molecular flexibility index (Phi) is 4.82. The highest BCUT2D eigenvalue weighted by Crippen LogP contribution is 2.42. The van der Waals surface area contributed by atoms with Crippen LogP contribution in [0.5, 0.6) is 5.75 Å². The summed E-state index contributed by atoms with van der Waals surface area (Å²) in [5.74, 6) is 0.466. The van der Waals surface area contributed by atoms with Crippen LogP contribution in [0.1, 0.15) is 45.8 Å². The summed E-state index contributed by atoms with van der Waals surface area (Å²) in [5.41, 5.74) is 4.30. The second kappa shape index (κ2) is 7.68. The van der Waals surface area contributed by atoms with Crippen LogP contribution < -0.4 is 15.1 Å². The smallest absolute Gasteiger partial charge is 0.295 e. The van der Waals surface area contributed by atoms with Crippen LogP contribution in [-0.4, -0.2) is 12.5 Å². The monoisotopic (exact) mass is 425 g/mol. The molecular formula is C27H23NO4. The van der Waals surface area contributed by atoms with Crippen LogP contribution in [0.4, 0.5) is 5.69 Å². The maximum Gasteiger partial charge on any atom is 0.295 e. The third-order valence-electron chi connectivity index (χ3n) is 6.03. The normalized spacial score (nSPS) is 15.3. The maximum atomic E-state index is 13.6. The molecule has 5 heteroatoms. The van der Waals surface area contributed by atoms with Gasteiger partial charge in [0, 0.05) is 5.69 Å². The molecule has 1 aliphatic rings. The second-order valence-electron chi connectivity index (χ2n) is 8.02. The van der Waals surface area contributed by atoms with Gasteiger partial charge in [0.1, 0.15) is 11.3 Å². The van der Waals surface area contributed by atoms with E-state index in [1.54, 1.807) is 29.2 Å². The number of rotatable bonds is 4.